The van der Waals surface area contributed by atoms with E-state index in [4.69, 9.17) is 9.94 Å². The molecule has 1 aliphatic rings. The first-order valence-electron chi connectivity index (χ1n) is 7.76. The topological polar surface area (TPSA) is 124 Å². The zero-order chi connectivity index (χ0) is 20.4. The number of aliphatic hydroxyl groups is 2. The molecular weight excluding hydrogens is 383 g/mol. The van der Waals surface area contributed by atoms with Crippen molar-refractivity contribution in [2.75, 3.05) is 33.1 Å². The number of amides is 2. The number of β-amino-alcohol motifs (C(OH)–C–C–N with tert-alkyl or cyclic N) is 1. The molecule has 0 unspecified atom stereocenters. The minimum absolute atomic E-state index is 0.0666. The molecule has 0 saturated carbocycles. The van der Waals surface area contributed by atoms with Crippen molar-refractivity contribution in [3.63, 3.8) is 0 Å². The van der Waals surface area contributed by atoms with Crippen LogP contribution in [0.3, 0.4) is 0 Å². The third kappa shape index (κ3) is 4.43. The van der Waals surface area contributed by atoms with Crippen molar-refractivity contribution < 1.29 is 37.4 Å². The lowest BCUT2D eigenvalue weighted by atomic mass is 10.2. The molecule has 11 heteroatoms. The molecule has 1 heterocycles. The Hall–Kier alpha value is -2.50. The number of rotatable bonds is 7. The summed E-state index contributed by atoms with van der Waals surface area (Å²) in [7, 11) is -2.62. The maximum absolute atomic E-state index is 13.4. The Labute approximate surface area is 155 Å². The summed E-state index contributed by atoms with van der Waals surface area (Å²) in [6, 6.07) is 3.08. The predicted octanol–water partition coefficient (Wildman–Crippen LogP) is -0.234. The van der Waals surface area contributed by atoms with Crippen LogP contribution in [0.2, 0.25) is 0 Å². The third-order valence-corrected chi connectivity index (χ3v) is 5.12. The fourth-order valence-corrected chi connectivity index (χ4v) is 3.55. The molecule has 2 amide bonds. The molecule has 1 aromatic carbocycles. The lowest BCUT2D eigenvalue weighted by Crippen LogP contribution is -2.34. The first-order valence-corrected chi connectivity index (χ1v) is 9.66. The van der Waals surface area contributed by atoms with Gasteiger partial charge < -0.3 is 15.1 Å². The second-order valence-electron chi connectivity index (χ2n) is 5.83. The largest absolute Gasteiger partial charge is 0.503 e. The highest BCUT2D eigenvalue weighted by Gasteiger charge is 2.36. The van der Waals surface area contributed by atoms with Crippen LogP contribution in [0.25, 0.3) is 0 Å². The molecule has 0 saturated heterocycles. The molecule has 1 aliphatic heterocycles. The number of aliphatic hydroxyl groups excluding tert-OH is 2. The molecule has 27 heavy (non-hydrogen) atoms. The number of hydrogen-bond acceptors (Lipinski definition) is 7. The Balaban J connectivity index is 2.31. The first-order chi connectivity index (χ1) is 12.6. The average Bonchev–Trinajstić information content (AvgIpc) is 2.88. The molecule has 0 aromatic heterocycles. The molecule has 0 atom stereocenters. The summed E-state index contributed by atoms with van der Waals surface area (Å²) < 4.78 is 37.2. The highest BCUT2D eigenvalue weighted by Crippen LogP contribution is 2.23. The number of carbonyl (C=O) groups is 2. The number of sulfone groups is 1. The summed E-state index contributed by atoms with van der Waals surface area (Å²) in [6.45, 7) is -1.00. The molecule has 9 nitrogen and oxygen atoms in total. The fraction of sp³-hybridized carbons (Fsp3) is 0.375. The van der Waals surface area contributed by atoms with Gasteiger partial charge in [-0.1, -0.05) is 6.07 Å². The van der Waals surface area contributed by atoms with Gasteiger partial charge in [0.2, 0.25) is 0 Å². The van der Waals surface area contributed by atoms with E-state index in [0.717, 1.165) is 35.5 Å². The number of halogens is 1. The summed E-state index contributed by atoms with van der Waals surface area (Å²) in [6.07, 6.45) is 0.904. The van der Waals surface area contributed by atoms with Crippen molar-refractivity contribution in [3.8, 4) is 0 Å². The van der Waals surface area contributed by atoms with Crippen molar-refractivity contribution in [1.82, 2.24) is 9.96 Å². The quantitative estimate of drug-likeness (QED) is 0.604. The van der Waals surface area contributed by atoms with Crippen LogP contribution < -0.4 is 0 Å². The summed E-state index contributed by atoms with van der Waals surface area (Å²) in [4.78, 5) is 30.3. The average molecular weight is 402 g/mol. The van der Waals surface area contributed by atoms with Crippen molar-refractivity contribution in [2.45, 2.75) is 11.4 Å². The van der Waals surface area contributed by atoms with E-state index in [1.165, 1.54) is 6.07 Å². The second kappa shape index (κ2) is 8.03. The molecule has 148 valence electrons. The van der Waals surface area contributed by atoms with Gasteiger partial charge in [0, 0.05) is 12.8 Å². The molecule has 2 N–H and O–H groups in total. The van der Waals surface area contributed by atoms with E-state index in [1.54, 1.807) is 0 Å². The fourth-order valence-electron chi connectivity index (χ4n) is 2.62. The van der Waals surface area contributed by atoms with Gasteiger partial charge in [-0.25, -0.2) is 17.9 Å². The number of hydrogen-bond donors (Lipinski definition) is 2. The maximum atomic E-state index is 13.4. The Bertz CT molecular complexity index is 898. The molecule has 0 spiro atoms. The summed E-state index contributed by atoms with van der Waals surface area (Å²) in [5, 5.41) is 19.6. The number of carbonyl (C=O) groups excluding carboxylic acids is 2. The van der Waals surface area contributed by atoms with E-state index in [9.17, 15) is 27.5 Å². The van der Waals surface area contributed by atoms with Gasteiger partial charge in [0.15, 0.2) is 15.6 Å². The Morgan fingerprint density at radius 2 is 2.07 bits per heavy atom. The molecule has 0 radical (unpaired) electrons. The molecular formula is C16H19FN2O7S. The van der Waals surface area contributed by atoms with E-state index in [0.29, 0.717) is 0 Å². The maximum Gasteiger partial charge on any atom is 0.289 e. The van der Waals surface area contributed by atoms with E-state index < -0.39 is 33.2 Å². The Morgan fingerprint density at radius 3 is 2.63 bits per heavy atom. The van der Waals surface area contributed by atoms with Gasteiger partial charge in [0.1, 0.15) is 5.82 Å². The van der Waals surface area contributed by atoms with E-state index in [1.807, 2.05) is 0 Å². The highest BCUT2D eigenvalue weighted by molar-refractivity contribution is 7.90. The summed E-state index contributed by atoms with van der Waals surface area (Å²) in [5.41, 5.74) is -0.149. The van der Waals surface area contributed by atoms with Gasteiger partial charge in [0.25, 0.3) is 11.8 Å². The smallest absolute Gasteiger partial charge is 0.289 e. The zero-order valence-electron chi connectivity index (χ0n) is 14.7. The van der Waals surface area contributed by atoms with Crippen LogP contribution in [0.5, 0.6) is 0 Å². The Morgan fingerprint density at radius 1 is 1.41 bits per heavy atom. The van der Waals surface area contributed by atoms with Gasteiger partial charge >= 0.3 is 0 Å². The van der Waals surface area contributed by atoms with Gasteiger partial charge in [-0.15, -0.1) is 0 Å². The van der Waals surface area contributed by atoms with Gasteiger partial charge in [-0.2, -0.15) is 0 Å². The van der Waals surface area contributed by atoms with E-state index >= 15 is 0 Å². The lowest BCUT2D eigenvalue weighted by Gasteiger charge is -2.22. The molecule has 0 fully saturated rings. The monoisotopic (exact) mass is 402 g/mol. The van der Waals surface area contributed by atoms with Crippen molar-refractivity contribution in [3.05, 3.63) is 40.9 Å². The second-order valence-corrected chi connectivity index (χ2v) is 7.81. The van der Waals surface area contributed by atoms with Gasteiger partial charge in [-0.05, 0) is 17.7 Å². The van der Waals surface area contributed by atoms with Crippen LogP contribution in [-0.2, 0) is 30.8 Å². The summed E-state index contributed by atoms with van der Waals surface area (Å²) in [5.74, 6) is -3.18. The van der Waals surface area contributed by atoms with Gasteiger partial charge in [-0.3, -0.25) is 14.4 Å². The molecule has 0 bridgehead atoms. The normalized spacial score (nSPS) is 14.8. The van der Waals surface area contributed by atoms with Crippen LogP contribution in [0.15, 0.2) is 34.4 Å². The van der Waals surface area contributed by atoms with Crippen LogP contribution in [-0.4, -0.2) is 73.5 Å². The number of benzene rings is 1. The summed E-state index contributed by atoms with van der Waals surface area (Å²) >= 11 is 0. The third-order valence-electron chi connectivity index (χ3n) is 3.94. The van der Waals surface area contributed by atoms with Crippen LogP contribution in [0.1, 0.15) is 5.56 Å². The SMILES string of the molecule is CON(Cc1ccc(F)cc1S(C)(=O)=O)C(=O)C1=C(O)C(=O)N(CCO)C1. The van der Waals surface area contributed by atoms with Crippen LogP contribution in [0.4, 0.5) is 4.39 Å². The minimum atomic E-state index is -3.78. The van der Waals surface area contributed by atoms with Crippen LogP contribution in [0, 0.1) is 5.82 Å². The first kappa shape index (κ1) is 20.8. The minimum Gasteiger partial charge on any atom is -0.503 e. The van der Waals surface area contributed by atoms with Crippen molar-refractivity contribution in [2.24, 2.45) is 0 Å². The van der Waals surface area contributed by atoms with Gasteiger partial charge in [0.05, 0.1) is 37.3 Å². The predicted molar refractivity (Wildman–Crippen MR) is 90.4 cm³/mol. The zero-order valence-corrected chi connectivity index (χ0v) is 15.5. The lowest BCUT2D eigenvalue weighted by molar-refractivity contribution is -0.175. The molecule has 2 rings (SSSR count). The number of nitrogens with zero attached hydrogens (tertiary/aromatic N) is 2. The number of hydroxylamine groups is 2. The van der Waals surface area contributed by atoms with Crippen molar-refractivity contribution >= 4 is 21.7 Å². The van der Waals surface area contributed by atoms with Crippen LogP contribution >= 0.6 is 0 Å². The van der Waals surface area contributed by atoms with E-state index in [2.05, 4.69) is 0 Å². The van der Waals surface area contributed by atoms with Crippen molar-refractivity contribution in [1.29, 1.82) is 0 Å². The molecule has 0 aliphatic carbocycles. The van der Waals surface area contributed by atoms with E-state index in [-0.39, 0.29) is 42.3 Å². The molecule has 1 aromatic rings. The highest BCUT2D eigenvalue weighted by atomic mass is 32.2. The Kier molecular flexibility index (Phi) is 6.19. The standard InChI is InChI=1S/C16H19FN2O7S/c1-26-19(8-10-3-4-11(17)7-13(10)27(2,24)25)15(22)12-9-18(5-6-20)16(23)14(12)21/h3-4,7,20-21H,5-6,8-9H2,1-2H3.